The molecule has 0 spiro atoms. The smallest absolute Gasteiger partial charge is 0.154 e. The molecular formula is C36H74N4S3. The second kappa shape index (κ2) is 26.5. The third kappa shape index (κ3) is 18.4. The summed E-state index contributed by atoms with van der Waals surface area (Å²) >= 11 is 8.87. The molecule has 7 heteroatoms. The average Bonchev–Trinajstić information content (AvgIpc) is 3.37. The lowest BCUT2D eigenvalue weighted by atomic mass is 9.96. The minimum absolute atomic E-state index is 0.116. The monoisotopic (exact) mass is 659 g/mol. The van der Waals surface area contributed by atoms with Crippen molar-refractivity contribution in [2.24, 2.45) is 28.8 Å². The van der Waals surface area contributed by atoms with E-state index in [0.29, 0.717) is 0 Å². The topological polar surface area (TPSA) is 22.1 Å². The maximum absolute atomic E-state index is 5.20. The molecule has 0 saturated heterocycles. The third-order valence-corrected chi connectivity index (χ3v) is 12.4. The van der Waals surface area contributed by atoms with Gasteiger partial charge in [-0.2, -0.15) is 5.10 Å². The molecule has 0 aromatic rings. The largest absolute Gasteiger partial charge is 0.293 e. The van der Waals surface area contributed by atoms with E-state index < -0.39 is 0 Å². The van der Waals surface area contributed by atoms with Crippen molar-refractivity contribution >= 4 is 40.5 Å². The number of thiol groups is 1. The lowest BCUT2D eigenvalue weighted by Crippen LogP contribution is -2.41. The summed E-state index contributed by atoms with van der Waals surface area (Å²) in [6.07, 6.45) is 21.2. The summed E-state index contributed by atoms with van der Waals surface area (Å²) in [5.74, 6) is 4.23. The summed E-state index contributed by atoms with van der Waals surface area (Å²) in [6, 6.07) is 0. The molecule has 43 heavy (non-hydrogen) atoms. The van der Waals surface area contributed by atoms with Gasteiger partial charge in [-0.3, -0.25) is 14.8 Å². The third-order valence-electron chi connectivity index (χ3n) is 9.63. The van der Waals surface area contributed by atoms with Crippen LogP contribution in [-0.4, -0.2) is 62.6 Å². The maximum atomic E-state index is 5.20. The molecule has 0 bridgehead atoms. The van der Waals surface area contributed by atoms with Gasteiger partial charge >= 0.3 is 0 Å². The molecular weight excluding hydrogens is 585 g/mol. The molecule has 4 nitrogen and oxygen atoms in total. The van der Waals surface area contributed by atoms with Crippen molar-refractivity contribution in [1.82, 2.24) is 14.8 Å². The van der Waals surface area contributed by atoms with Crippen molar-refractivity contribution in [3.63, 3.8) is 0 Å². The van der Waals surface area contributed by atoms with Crippen LogP contribution in [0.25, 0.3) is 0 Å². The van der Waals surface area contributed by atoms with Crippen LogP contribution in [0.2, 0.25) is 0 Å². The van der Waals surface area contributed by atoms with E-state index in [1.165, 1.54) is 133 Å². The summed E-state index contributed by atoms with van der Waals surface area (Å²) in [5, 5.41) is 7.48. The van der Waals surface area contributed by atoms with E-state index in [1.54, 1.807) is 0 Å². The Morgan fingerprint density at radius 2 is 1.02 bits per heavy atom. The van der Waals surface area contributed by atoms with E-state index in [0.717, 1.165) is 36.2 Å². The van der Waals surface area contributed by atoms with E-state index in [9.17, 15) is 0 Å². The van der Waals surface area contributed by atoms with Gasteiger partial charge in [0.05, 0.1) is 12.5 Å². The summed E-state index contributed by atoms with van der Waals surface area (Å²) in [6.45, 7) is 24.6. The zero-order chi connectivity index (χ0) is 31.9. The van der Waals surface area contributed by atoms with Gasteiger partial charge in [0.15, 0.2) is 4.38 Å². The van der Waals surface area contributed by atoms with Gasteiger partial charge in [-0.05, 0) is 49.4 Å². The van der Waals surface area contributed by atoms with Gasteiger partial charge in [-0.15, -0.1) is 12.6 Å². The summed E-state index contributed by atoms with van der Waals surface area (Å²) in [4.78, 5) is 5.52. The molecule has 5 unspecified atom stereocenters. The van der Waals surface area contributed by atoms with E-state index >= 15 is 0 Å². The molecule has 1 aliphatic heterocycles. The van der Waals surface area contributed by atoms with Crippen LogP contribution >= 0.6 is 36.2 Å². The number of rotatable bonds is 28. The fourth-order valence-electron chi connectivity index (χ4n) is 6.34. The van der Waals surface area contributed by atoms with Gasteiger partial charge in [0.1, 0.15) is 4.71 Å². The van der Waals surface area contributed by atoms with Gasteiger partial charge in [0.25, 0.3) is 0 Å². The number of hydrazone groups is 1. The Morgan fingerprint density at radius 1 is 0.651 bits per heavy atom. The number of nitrogens with zero attached hydrogens (tertiary/aromatic N) is 4. The van der Waals surface area contributed by atoms with Crippen LogP contribution < -0.4 is 0 Å². The Labute approximate surface area is 284 Å². The van der Waals surface area contributed by atoms with Gasteiger partial charge in [-0.25, -0.2) is 0 Å². The second-order valence-electron chi connectivity index (χ2n) is 13.4. The first-order valence-electron chi connectivity index (χ1n) is 18.6. The van der Waals surface area contributed by atoms with Crippen LogP contribution in [0, 0.1) is 23.7 Å². The second-order valence-corrected chi connectivity index (χ2v) is 16.5. The average molecular weight is 659 g/mol. The lowest BCUT2D eigenvalue weighted by molar-refractivity contribution is 0.105. The molecule has 0 radical (unpaired) electrons. The van der Waals surface area contributed by atoms with Crippen LogP contribution in [-0.2, 0) is 0 Å². The van der Waals surface area contributed by atoms with Gasteiger partial charge in [-0.1, -0.05) is 156 Å². The summed E-state index contributed by atoms with van der Waals surface area (Å²) in [5.41, 5.74) is 0. The zero-order valence-corrected chi connectivity index (χ0v) is 32.5. The standard InChI is InChI=1S/C36H74N4S3/c1-9-17-21-31(13-5)25-38(26-32(14-6)22-18-10-2)29-40-36(41)43-35(37-40)42-30-39(27-33(15-7)23-19-11-3)28-34(16-8)24-20-12-4/h31-34,36,41H,9-30H2,1-8H3. The number of hydrogen-bond acceptors (Lipinski definition) is 7. The number of unbranched alkanes of at least 4 members (excludes halogenated alkanes) is 4. The number of hydrogen-bond donors (Lipinski definition) is 1. The van der Waals surface area contributed by atoms with Crippen molar-refractivity contribution < 1.29 is 0 Å². The number of thioether (sulfide) groups is 2. The molecule has 0 aromatic carbocycles. The molecule has 5 atom stereocenters. The SMILES string of the molecule is CCCCC(CC)CN(CSC1=NN(CN(CC(CC)CCCC)CC(CC)CCCC)C(S)S1)CC(CC)CCCC. The molecule has 1 aliphatic rings. The quantitative estimate of drug-likeness (QED) is 0.0665. The zero-order valence-electron chi connectivity index (χ0n) is 30.0. The minimum atomic E-state index is 0.116. The highest BCUT2D eigenvalue weighted by molar-refractivity contribution is 8.41. The first kappa shape index (κ1) is 41.5. The van der Waals surface area contributed by atoms with Crippen molar-refractivity contribution in [1.29, 1.82) is 0 Å². The van der Waals surface area contributed by atoms with E-state index in [4.69, 9.17) is 17.7 Å². The van der Waals surface area contributed by atoms with Crippen LogP contribution in [0.4, 0.5) is 0 Å². The molecule has 0 amide bonds. The Hall–Kier alpha value is 0.440. The molecule has 0 aromatic heterocycles. The minimum Gasteiger partial charge on any atom is -0.293 e. The summed E-state index contributed by atoms with van der Waals surface area (Å²) in [7, 11) is 0. The maximum Gasteiger partial charge on any atom is 0.154 e. The normalized spacial score (nSPS) is 18.4. The molecule has 256 valence electrons. The van der Waals surface area contributed by atoms with Crippen molar-refractivity contribution in [3.8, 4) is 0 Å². The Bertz CT molecular complexity index is 643. The molecule has 0 fully saturated rings. The fraction of sp³-hybridized carbons (Fsp3) is 0.972. The Kier molecular flexibility index (Phi) is 25.6. The predicted molar refractivity (Wildman–Crippen MR) is 203 cm³/mol. The first-order valence-corrected chi connectivity index (χ1v) is 21.0. The van der Waals surface area contributed by atoms with E-state index in [2.05, 4.69) is 70.2 Å². The van der Waals surface area contributed by atoms with Crippen LogP contribution in [0.15, 0.2) is 5.10 Å². The van der Waals surface area contributed by atoms with Crippen LogP contribution in [0.3, 0.4) is 0 Å². The molecule has 0 saturated carbocycles. The highest BCUT2D eigenvalue weighted by Crippen LogP contribution is 2.35. The van der Waals surface area contributed by atoms with Crippen molar-refractivity contribution in [2.45, 2.75) is 163 Å². The fourth-order valence-corrected chi connectivity index (χ4v) is 8.92. The molecule has 0 N–H and O–H groups in total. The highest BCUT2D eigenvalue weighted by atomic mass is 32.2. The summed E-state index contributed by atoms with van der Waals surface area (Å²) < 4.78 is 1.33. The predicted octanol–water partition coefficient (Wildman–Crippen LogP) is 11.6. The van der Waals surface area contributed by atoms with E-state index in [-0.39, 0.29) is 4.71 Å². The Morgan fingerprint density at radius 3 is 1.37 bits per heavy atom. The lowest BCUT2D eigenvalue weighted by Gasteiger charge is -2.33. The highest BCUT2D eigenvalue weighted by Gasteiger charge is 2.29. The molecule has 0 aliphatic carbocycles. The van der Waals surface area contributed by atoms with Crippen LogP contribution in [0.1, 0.15) is 158 Å². The van der Waals surface area contributed by atoms with Gasteiger partial charge in [0, 0.05) is 26.2 Å². The van der Waals surface area contributed by atoms with Crippen LogP contribution in [0.5, 0.6) is 0 Å². The first-order chi connectivity index (χ1) is 20.9. The van der Waals surface area contributed by atoms with Gasteiger partial charge in [0.2, 0.25) is 0 Å². The Balaban J connectivity index is 2.96. The van der Waals surface area contributed by atoms with Crippen molar-refractivity contribution in [3.05, 3.63) is 0 Å². The molecule has 1 heterocycles. The van der Waals surface area contributed by atoms with Gasteiger partial charge < -0.3 is 0 Å². The molecule has 1 rings (SSSR count). The van der Waals surface area contributed by atoms with E-state index in [1.807, 2.05) is 23.5 Å². The van der Waals surface area contributed by atoms with Crippen molar-refractivity contribution in [2.75, 3.05) is 38.7 Å².